The summed E-state index contributed by atoms with van der Waals surface area (Å²) >= 11 is 0. The van der Waals surface area contributed by atoms with E-state index in [-0.39, 0.29) is 18.3 Å². The third-order valence-corrected chi connectivity index (χ3v) is 4.07. The van der Waals surface area contributed by atoms with Crippen LogP contribution in [0.15, 0.2) is 34.7 Å². The van der Waals surface area contributed by atoms with Gasteiger partial charge in [-0.1, -0.05) is 18.2 Å². The first-order chi connectivity index (χ1) is 9.37. The van der Waals surface area contributed by atoms with Crippen molar-refractivity contribution in [2.24, 2.45) is 0 Å². The maximum Gasteiger partial charge on any atom is 0.498 e. The van der Waals surface area contributed by atoms with E-state index in [1.165, 1.54) is 0 Å². The van der Waals surface area contributed by atoms with Gasteiger partial charge in [0.15, 0.2) is 0 Å². The number of hydrogen-bond donors (Lipinski definition) is 0. The summed E-state index contributed by atoms with van der Waals surface area (Å²) in [5.74, 6) is 0.487. The van der Waals surface area contributed by atoms with Crippen LogP contribution in [0.3, 0.4) is 0 Å². The van der Waals surface area contributed by atoms with E-state index in [1.807, 2.05) is 58.0 Å². The topological polar surface area (TPSA) is 40.8 Å². The zero-order chi connectivity index (χ0) is 14.4. The summed E-state index contributed by atoms with van der Waals surface area (Å²) in [6, 6.07) is 9.68. The summed E-state index contributed by atoms with van der Waals surface area (Å²) in [4.78, 5) is 0. The summed E-state index contributed by atoms with van der Waals surface area (Å²) in [6.07, 6.45) is 0. The molecule has 20 heavy (non-hydrogen) atoms. The largest absolute Gasteiger partial charge is 0.498 e. The van der Waals surface area contributed by atoms with E-state index in [0.29, 0.717) is 12.5 Å². The lowest BCUT2D eigenvalue weighted by molar-refractivity contribution is 0.00578. The van der Waals surface area contributed by atoms with Crippen molar-refractivity contribution < 1.29 is 18.5 Å². The molecule has 2 aromatic rings. The highest BCUT2D eigenvalue weighted by Gasteiger charge is 2.51. The molecule has 0 aliphatic carbocycles. The lowest BCUT2D eigenvalue weighted by Crippen LogP contribution is -2.41. The molecule has 0 amide bonds. The monoisotopic (exact) mass is 274 g/mol. The molecule has 1 saturated heterocycles. The van der Waals surface area contributed by atoms with E-state index in [0.717, 1.165) is 11.0 Å². The van der Waals surface area contributed by atoms with E-state index in [9.17, 15) is 0 Å². The Bertz CT molecular complexity index is 568. The van der Waals surface area contributed by atoms with Crippen molar-refractivity contribution in [3.05, 3.63) is 30.3 Å². The second-order valence-corrected chi connectivity index (χ2v) is 6.10. The SMILES string of the molecule is CC1(C)OB(COc2cc3ccccc3o2)OC1(C)C. The van der Waals surface area contributed by atoms with Gasteiger partial charge in [0.2, 0.25) is 0 Å². The van der Waals surface area contributed by atoms with Gasteiger partial charge in [-0.15, -0.1) is 0 Å². The second-order valence-electron chi connectivity index (χ2n) is 6.10. The van der Waals surface area contributed by atoms with Crippen LogP contribution in [0.25, 0.3) is 11.0 Å². The van der Waals surface area contributed by atoms with Crippen LogP contribution in [0.5, 0.6) is 5.95 Å². The first-order valence-electron chi connectivity index (χ1n) is 6.84. The Labute approximate surface area is 119 Å². The molecule has 0 atom stereocenters. The minimum atomic E-state index is -0.381. The Morgan fingerprint density at radius 2 is 1.70 bits per heavy atom. The Hall–Kier alpha value is -1.46. The van der Waals surface area contributed by atoms with Crippen molar-refractivity contribution in [2.45, 2.75) is 38.9 Å². The predicted molar refractivity (Wildman–Crippen MR) is 77.8 cm³/mol. The second kappa shape index (κ2) is 4.53. The fourth-order valence-corrected chi connectivity index (χ4v) is 2.21. The fourth-order valence-electron chi connectivity index (χ4n) is 2.21. The molecule has 0 unspecified atom stereocenters. The molecular formula is C15H19BO4. The van der Waals surface area contributed by atoms with Gasteiger partial charge in [-0.3, -0.25) is 0 Å². The van der Waals surface area contributed by atoms with Crippen LogP contribution in [-0.2, 0) is 9.31 Å². The van der Waals surface area contributed by atoms with Gasteiger partial charge in [-0.2, -0.15) is 0 Å². The smallest absolute Gasteiger partial charge is 0.468 e. The third kappa shape index (κ3) is 2.32. The summed E-state index contributed by atoms with van der Waals surface area (Å²) in [5.41, 5.74) is 0.139. The molecule has 0 bridgehead atoms. The molecule has 1 fully saturated rings. The van der Waals surface area contributed by atoms with Crippen molar-refractivity contribution in [3.8, 4) is 5.95 Å². The normalized spacial score (nSPS) is 20.5. The molecule has 3 rings (SSSR count). The molecule has 0 radical (unpaired) electrons. The van der Waals surface area contributed by atoms with Crippen LogP contribution in [0.4, 0.5) is 0 Å². The summed E-state index contributed by atoms with van der Waals surface area (Å²) < 4.78 is 23.0. The Kier molecular flexibility index (Phi) is 3.07. The number of benzene rings is 1. The van der Waals surface area contributed by atoms with Gasteiger partial charge in [0, 0.05) is 11.5 Å². The van der Waals surface area contributed by atoms with Gasteiger partial charge in [0.05, 0.1) is 11.2 Å². The van der Waals surface area contributed by atoms with Crippen LogP contribution in [0.1, 0.15) is 27.7 Å². The maximum absolute atomic E-state index is 5.87. The maximum atomic E-state index is 5.87. The number of para-hydroxylation sites is 1. The molecule has 1 aliphatic heterocycles. The van der Waals surface area contributed by atoms with Crippen LogP contribution in [0.2, 0.25) is 0 Å². The minimum Gasteiger partial charge on any atom is -0.468 e. The number of rotatable bonds is 3. The lowest BCUT2D eigenvalue weighted by Gasteiger charge is -2.32. The van der Waals surface area contributed by atoms with E-state index in [2.05, 4.69) is 0 Å². The molecule has 5 heteroatoms. The van der Waals surface area contributed by atoms with E-state index in [4.69, 9.17) is 18.5 Å². The number of ether oxygens (including phenoxy) is 1. The molecule has 0 N–H and O–H groups in total. The summed E-state index contributed by atoms with van der Waals surface area (Å²) in [5, 5.41) is 1.02. The molecule has 1 aliphatic rings. The van der Waals surface area contributed by atoms with Crippen molar-refractivity contribution in [3.63, 3.8) is 0 Å². The van der Waals surface area contributed by atoms with Gasteiger partial charge in [0.1, 0.15) is 12.1 Å². The van der Waals surface area contributed by atoms with Crippen molar-refractivity contribution >= 4 is 18.1 Å². The van der Waals surface area contributed by atoms with Gasteiger partial charge in [-0.05, 0) is 33.8 Å². The molecule has 1 aromatic heterocycles. The van der Waals surface area contributed by atoms with Crippen LogP contribution in [-0.4, -0.2) is 24.8 Å². The molecule has 0 spiro atoms. The zero-order valence-electron chi connectivity index (χ0n) is 12.3. The van der Waals surface area contributed by atoms with Crippen molar-refractivity contribution in [2.75, 3.05) is 6.51 Å². The van der Waals surface area contributed by atoms with E-state index in [1.54, 1.807) is 0 Å². The average Bonchev–Trinajstić information content (AvgIpc) is 2.85. The van der Waals surface area contributed by atoms with Gasteiger partial charge in [0.25, 0.3) is 5.95 Å². The summed E-state index contributed by atoms with van der Waals surface area (Å²) in [7, 11) is -0.381. The Balaban J connectivity index is 1.66. The Morgan fingerprint density at radius 3 is 2.35 bits per heavy atom. The highest BCUT2D eigenvalue weighted by Crippen LogP contribution is 2.36. The first kappa shape index (κ1) is 13.5. The van der Waals surface area contributed by atoms with Gasteiger partial charge < -0.3 is 18.5 Å². The number of fused-ring (bicyclic) bond motifs is 1. The highest BCUT2D eigenvalue weighted by atomic mass is 16.7. The number of furan rings is 1. The van der Waals surface area contributed by atoms with Crippen molar-refractivity contribution in [1.82, 2.24) is 0 Å². The zero-order valence-corrected chi connectivity index (χ0v) is 12.3. The average molecular weight is 274 g/mol. The van der Waals surface area contributed by atoms with E-state index >= 15 is 0 Å². The third-order valence-electron chi connectivity index (χ3n) is 4.07. The van der Waals surface area contributed by atoms with E-state index < -0.39 is 0 Å². The molecule has 0 saturated carbocycles. The standard InChI is InChI=1S/C15H19BO4/c1-14(2)15(3,4)20-16(19-14)10-17-13-9-11-7-5-6-8-12(11)18-13/h5-9H,10H2,1-4H3. The van der Waals surface area contributed by atoms with Gasteiger partial charge >= 0.3 is 7.12 Å². The summed E-state index contributed by atoms with van der Waals surface area (Å²) in [6.45, 7) is 8.40. The predicted octanol–water partition coefficient (Wildman–Crippen LogP) is 3.44. The van der Waals surface area contributed by atoms with Gasteiger partial charge in [-0.25, -0.2) is 0 Å². The van der Waals surface area contributed by atoms with Crippen LogP contribution in [0, 0.1) is 0 Å². The molecular weight excluding hydrogens is 255 g/mol. The molecule has 106 valence electrons. The first-order valence-corrected chi connectivity index (χ1v) is 6.84. The quantitative estimate of drug-likeness (QED) is 0.804. The molecule has 2 heterocycles. The molecule has 4 nitrogen and oxygen atoms in total. The highest BCUT2D eigenvalue weighted by molar-refractivity contribution is 6.45. The molecule has 1 aromatic carbocycles. The fraction of sp³-hybridized carbons (Fsp3) is 0.467. The van der Waals surface area contributed by atoms with Crippen LogP contribution < -0.4 is 4.74 Å². The Morgan fingerprint density at radius 1 is 1.05 bits per heavy atom. The van der Waals surface area contributed by atoms with Crippen molar-refractivity contribution in [1.29, 1.82) is 0 Å². The minimum absolute atomic E-state index is 0.312. The van der Waals surface area contributed by atoms with Crippen LogP contribution >= 0.6 is 0 Å². The lowest BCUT2D eigenvalue weighted by atomic mass is 9.90. The number of hydrogen-bond acceptors (Lipinski definition) is 4.